The van der Waals surface area contributed by atoms with Crippen molar-refractivity contribution in [2.45, 2.75) is 44.7 Å². The van der Waals surface area contributed by atoms with Gasteiger partial charge < -0.3 is 5.32 Å². The molecular weight excluding hydrogens is 213 g/mol. The second-order valence-corrected chi connectivity index (χ2v) is 5.64. The second-order valence-electron chi connectivity index (χ2n) is 5.64. The number of hydrogen-bond acceptors (Lipinski definition) is 1. The Morgan fingerprint density at radius 2 is 2.12 bits per heavy atom. The summed E-state index contributed by atoms with van der Waals surface area (Å²) < 4.78 is 13.8. The van der Waals surface area contributed by atoms with Crippen LogP contribution < -0.4 is 5.32 Å². The summed E-state index contributed by atoms with van der Waals surface area (Å²) in [6.07, 6.45) is 2.95. The van der Waals surface area contributed by atoms with Gasteiger partial charge in [-0.05, 0) is 50.3 Å². The Morgan fingerprint density at radius 3 is 2.76 bits per heavy atom. The van der Waals surface area contributed by atoms with Gasteiger partial charge in [-0.15, -0.1) is 0 Å². The molecule has 0 aromatic heterocycles. The summed E-state index contributed by atoms with van der Waals surface area (Å²) in [7, 11) is 0. The molecule has 2 rings (SSSR count). The number of piperidine rings is 1. The van der Waals surface area contributed by atoms with E-state index in [4.69, 9.17) is 0 Å². The van der Waals surface area contributed by atoms with E-state index in [1.165, 1.54) is 24.0 Å². The van der Waals surface area contributed by atoms with Crippen LogP contribution in [-0.4, -0.2) is 18.8 Å². The number of hydrogen-bond donors (Lipinski definition) is 1. The Hall–Kier alpha value is -0.890. The van der Waals surface area contributed by atoms with E-state index in [0.717, 1.165) is 13.1 Å². The zero-order valence-electron chi connectivity index (χ0n) is 10.8. The first kappa shape index (κ1) is 12.6. The molecule has 0 saturated carbocycles. The van der Waals surface area contributed by atoms with Gasteiger partial charge in [0.25, 0.3) is 0 Å². The average molecular weight is 235 g/mol. The predicted molar refractivity (Wildman–Crippen MR) is 70.2 cm³/mol. The van der Waals surface area contributed by atoms with E-state index in [-0.39, 0.29) is 0 Å². The molecule has 1 aromatic rings. The molecule has 2 heteroatoms. The SMILES string of the molecule is CC(C)(F)Cc1ccccc1C1CCCNC1. The lowest BCUT2D eigenvalue weighted by molar-refractivity contribution is 0.216. The molecule has 1 aliphatic rings. The van der Waals surface area contributed by atoms with Gasteiger partial charge in [0, 0.05) is 13.0 Å². The van der Waals surface area contributed by atoms with Gasteiger partial charge in [0.05, 0.1) is 0 Å². The van der Waals surface area contributed by atoms with Crippen LogP contribution in [0.15, 0.2) is 24.3 Å². The number of benzene rings is 1. The molecule has 1 N–H and O–H groups in total. The molecule has 1 fully saturated rings. The maximum atomic E-state index is 13.8. The van der Waals surface area contributed by atoms with E-state index in [2.05, 4.69) is 23.5 Å². The predicted octanol–water partition coefficient (Wildman–Crippen LogP) is 3.44. The van der Waals surface area contributed by atoms with Gasteiger partial charge in [-0.3, -0.25) is 0 Å². The zero-order valence-corrected chi connectivity index (χ0v) is 10.8. The lowest BCUT2D eigenvalue weighted by Gasteiger charge is -2.26. The molecular formula is C15H22FN. The van der Waals surface area contributed by atoms with Crippen LogP contribution in [0.2, 0.25) is 0 Å². The Bertz CT molecular complexity index is 361. The van der Waals surface area contributed by atoms with Gasteiger partial charge in [0.2, 0.25) is 0 Å². The Kier molecular flexibility index (Phi) is 3.82. The van der Waals surface area contributed by atoms with E-state index in [9.17, 15) is 4.39 Å². The minimum atomic E-state index is -1.13. The molecule has 0 bridgehead atoms. The molecule has 0 amide bonds. The van der Waals surface area contributed by atoms with Crippen LogP contribution >= 0.6 is 0 Å². The first-order chi connectivity index (χ1) is 8.06. The summed E-state index contributed by atoms with van der Waals surface area (Å²) in [6, 6.07) is 8.32. The van der Waals surface area contributed by atoms with Crippen molar-refractivity contribution < 1.29 is 4.39 Å². The molecule has 0 spiro atoms. The van der Waals surface area contributed by atoms with Crippen LogP contribution in [0.1, 0.15) is 43.7 Å². The lowest BCUT2D eigenvalue weighted by atomic mass is 9.85. The highest BCUT2D eigenvalue weighted by atomic mass is 19.1. The van der Waals surface area contributed by atoms with E-state index in [1.807, 2.05) is 6.07 Å². The molecule has 1 nitrogen and oxygen atoms in total. The molecule has 1 saturated heterocycles. The van der Waals surface area contributed by atoms with Crippen molar-refractivity contribution in [2.24, 2.45) is 0 Å². The van der Waals surface area contributed by atoms with Crippen molar-refractivity contribution >= 4 is 0 Å². The van der Waals surface area contributed by atoms with Crippen LogP contribution in [0, 0.1) is 0 Å². The van der Waals surface area contributed by atoms with Gasteiger partial charge in [0.1, 0.15) is 5.67 Å². The fourth-order valence-corrected chi connectivity index (χ4v) is 2.66. The molecule has 0 radical (unpaired) electrons. The molecule has 94 valence electrons. The smallest absolute Gasteiger partial charge is 0.109 e. The van der Waals surface area contributed by atoms with E-state index < -0.39 is 5.67 Å². The van der Waals surface area contributed by atoms with Crippen molar-refractivity contribution in [1.82, 2.24) is 5.32 Å². The van der Waals surface area contributed by atoms with Crippen LogP contribution in [0.3, 0.4) is 0 Å². The quantitative estimate of drug-likeness (QED) is 0.846. The molecule has 1 heterocycles. The van der Waals surface area contributed by atoms with Crippen molar-refractivity contribution in [3.63, 3.8) is 0 Å². The maximum absolute atomic E-state index is 13.8. The van der Waals surface area contributed by atoms with E-state index in [0.29, 0.717) is 12.3 Å². The summed E-state index contributed by atoms with van der Waals surface area (Å²) in [5.41, 5.74) is 1.39. The largest absolute Gasteiger partial charge is 0.316 e. The van der Waals surface area contributed by atoms with Crippen LogP contribution in [0.4, 0.5) is 4.39 Å². The summed E-state index contributed by atoms with van der Waals surface area (Å²) >= 11 is 0. The van der Waals surface area contributed by atoms with Gasteiger partial charge in [-0.1, -0.05) is 24.3 Å². The summed E-state index contributed by atoms with van der Waals surface area (Å²) in [5, 5.41) is 3.43. The van der Waals surface area contributed by atoms with Crippen molar-refractivity contribution in [2.75, 3.05) is 13.1 Å². The van der Waals surface area contributed by atoms with Crippen LogP contribution in [0.5, 0.6) is 0 Å². The standard InChI is InChI=1S/C15H22FN/c1-15(2,16)10-12-6-3-4-8-14(12)13-7-5-9-17-11-13/h3-4,6,8,13,17H,5,7,9-11H2,1-2H3. The highest BCUT2D eigenvalue weighted by molar-refractivity contribution is 5.32. The number of alkyl halides is 1. The highest BCUT2D eigenvalue weighted by Gasteiger charge is 2.22. The monoisotopic (exact) mass is 235 g/mol. The van der Waals surface area contributed by atoms with Gasteiger partial charge in [0.15, 0.2) is 0 Å². The Labute approximate surface area is 103 Å². The maximum Gasteiger partial charge on any atom is 0.109 e. The number of nitrogens with one attached hydrogen (secondary N) is 1. The first-order valence-electron chi connectivity index (χ1n) is 6.54. The molecule has 1 unspecified atom stereocenters. The first-order valence-corrected chi connectivity index (χ1v) is 6.54. The average Bonchev–Trinajstić information content (AvgIpc) is 2.29. The van der Waals surface area contributed by atoms with Crippen LogP contribution in [-0.2, 0) is 6.42 Å². The van der Waals surface area contributed by atoms with Gasteiger partial charge >= 0.3 is 0 Å². The third kappa shape index (κ3) is 3.53. The highest BCUT2D eigenvalue weighted by Crippen LogP contribution is 2.29. The van der Waals surface area contributed by atoms with Crippen molar-refractivity contribution in [3.8, 4) is 0 Å². The van der Waals surface area contributed by atoms with Gasteiger partial charge in [-0.25, -0.2) is 4.39 Å². The second kappa shape index (κ2) is 5.18. The van der Waals surface area contributed by atoms with Crippen molar-refractivity contribution in [3.05, 3.63) is 35.4 Å². The number of halogens is 1. The normalized spacial score (nSPS) is 21.5. The molecule has 17 heavy (non-hydrogen) atoms. The molecule has 1 atom stereocenters. The number of rotatable bonds is 3. The topological polar surface area (TPSA) is 12.0 Å². The fourth-order valence-electron chi connectivity index (χ4n) is 2.66. The van der Waals surface area contributed by atoms with Crippen molar-refractivity contribution in [1.29, 1.82) is 0 Å². The summed E-state index contributed by atoms with van der Waals surface area (Å²) in [4.78, 5) is 0. The molecule has 1 aromatic carbocycles. The Morgan fingerprint density at radius 1 is 1.35 bits per heavy atom. The molecule has 0 aliphatic carbocycles. The summed E-state index contributed by atoms with van der Waals surface area (Å²) in [6.45, 7) is 5.46. The lowest BCUT2D eigenvalue weighted by Crippen LogP contribution is -2.29. The van der Waals surface area contributed by atoms with E-state index >= 15 is 0 Å². The van der Waals surface area contributed by atoms with Gasteiger partial charge in [-0.2, -0.15) is 0 Å². The van der Waals surface area contributed by atoms with Crippen LogP contribution in [0.25, 0.3) is 0 Å². The van der Waals surface area contributed by atoms with E-state index in [1.54, 1.807) is 13.8 Å². The minimum absolute atomic E-state index is 0.514. The minimum Gasteiger partial charge on any atom is -0.316 e. The third-order valence-corrected chi connectivity index (χ3v) is 3.40. The zero-order chi connectivity index (χ0) is 12.3. The molecule has 1 aliphatic heterocycles. The third-order valence-electron chi connectivity index (χ3n) is 3.40. The fraction of sp³-hybridized carbons (Fsp3) is 0.600. The Balaban J connectivity index is 2.20. The summed E-state index contributed by atoms with van der Waals surface area (Å²) in [5.74, 6) is 0.558.